The van der Waals surface area contributed by atoms with E-state index >= 15 is 0 Å². The topological polar surface area (TPSA) is 118 Å². The number of likely N-dealkylation sites (N-methyl/N-ethyl adjacent to an activating group) is 2. The predicted octanol–water partition coefficient (Wildman–Crippen LogP) is 2.01. The van der Waals surface area contributed by atoms with E-state index in [2.05, 4.69) is 10.3 Å². The monoisotopic (exact) mass is 496 g/mol. The molecule has 0 aromatic carbocycles. The summed E-state index contributed by atoms with van der Waals surface area (Å²) in [5, 5.41) is 4.78. The van der Waals surface area contributed by atoms with Crippen LogP contribution in [0.2, 0.25) is 0 Å². The number of likely N-dealkylation sites (tertiary alicyclic amines) is 1. The maximum Gasteiger partial charge on any atom is 0.357 e. The second kappa shape index (κ2) is 12.8. The Kier molecular flexibility index (Phi) is 10.4. The third-order valence-corrected chi connectivity index (χ3v) is 7.04. The third-order valence-electron chi connectivity index (χ3n) is 6.10. The highest BCUT2D eigenvalue weighted by atomic mass is 32.1. The van der Waals surface area contributed by atoms with Crippen LogP contribution in [0.1, 0.15) is 68.1 Å². The van der Waals surface area contributed by atoms with Crippen molar-refractivity contribution in [1.29, 1.82) is 0 Å². The molecule has 11 heteroatoms. The Morgan fingerprint density at radius 2 is 2.00 bits per heavy atom. The number of hydrogen-bond donors (Lipinski definition) is 1. The molecule has 3 atom stereocenters. The summed E-state index contributed by atoms with van der Waals surface area (Å²) in [5.41, 5.74) is 0.139. The van der Waals surface area contributed by atoms with Gasteiger partial charge in [0.05, 0.1) is 19.7 Å². The van der Waals surface area contributed by atoms with Gasteiger partial charge in [0.15, 0.2) is 11.8 Å². The lowest BCUT2D eigenvalue weighted by atomic mass is 9.96. The van der Waals surface area contributed by atoms with E-state index in [-0.39, 0.29) is 42.1 Å². The standard InChI is InChI=1S/C23H36N4O6S/c1-14(2)18(11-19(33-15(3)28)22-25-16(13-34-22)23(31)32-6)27(5)20(29)12-24-21(30)17-9-7-8-10-26(17)4/h13-14,17-19H,7-12H2,1-6H3,(H,24,30)/t17-,18?,19-/m1/s1. The zero-order valence-electron chi connectivity index (χ0n) is 20.8. The average molecular weight is 497 g/mol. The van der Waals surface area contributed by atoms with Crippen molar-refractivity contribution in [2.75, 3.05) is 34.3 Å². The first kappa shape index (κ1) is 27.7. The van der Waals surface area contributed by atoms with Gasteiger partial charge < -0.3 is 19.7 Å². The Hall–Kier alpha value is -2.53. The lowest BCUT2D eigenvalue weighted by Crippen LogP contribution is -2.51. The number of amides is 2. The normalized spacial score (nSPS) is 18.1. The van der Waals surface area contributed by atoms with Crippen molar-refractivity contribution < 1.29 is 28.7 Å². The lowest BCUT2D eigenvalue weighted by molar-refractivity contribution is -0.148. The summed E-state index contributed by atoms with van der Waals surface area (Å²) in [6, 6.07) is -0.508. The van der Waals surface area contributed by atoms with Gasteiger partial charge in [-0.25, -0.2) is 9.78 Å². The number of aromatic nitrogens is 1. The molecule has 0 saturated carbocycles. The SMILES string of the molecule is COC(=O)c1csc([C@@H](CC(C(C)C)N(C)C(=O)CNC(=O)[C@H]2CCCCN2C)OC(C)=O)n1. The summed E-state index contributed by atoms with van der Waals surface area (Å²) >= 11 is 1.19. The van der Waals surface area contributed by atoms with Gasteiger partial charge in [-0.05, 0) is 32.4 Å². The predicted molar refractivity (Wildman–Crippen MR) is 127 cm³/mol. The molecule has 1 aliphatic heterocycles. The largest absolute Gasteiger partial charge is 0.464 e. The Morgan fingerprint density at radius 1 is 1.29 bits per heavy atom. The van der Waals surface area contributed by atoms with Crippen LogP contribution < -0.4 is 5.32 Å². The van der Waals surface area contributed by atoms with Crippen LogP contribution in [0.4, 0.5) is 0 Å². The van der Waals surface area contributed by atoms with E-state index in [4.69, 9.17) is 9.47 Å². The molecule has 0 bridgehead atoms. The molecule has 0 radical (unpaired) electrons. The Morgan fingerprint density at radius 3 is 2.59 bits per heavy atom. The summed E-state index contributed by atoms with van der Waals surface area (Å²) < 4.78 is 10.2. The van der Waals surface area contributed by atoms with Crippen molar-refractivity contribution >= 4 is 35.1 Å². The molecule has 0 aliphatic carbocycles. The van der Waals surface area contributed by atoms with Gasteiger partial charge in [-0.15, -0.1) is 11.3 Å². The van der Waals surface area contributed by atoms with Gasteiger partial charge in [-0.1, -0.05) is 20.3 Å². The van der Waals surface area contributed by atoms with Crippen molar-refractivity contribution in [2.45, 2.75) is 64.6 Å². The van der Waals surface area contributed by atoms with Crippen LogP contribution in [0.3, 0.4) is 0 Å². The number of nitrogens with zero attached hydrogens (tertiary/aromatic N) is 3. The average Bonchev–Trinajstić information content (AvgIpc) is 3.29. The fourth-order valence-corrected chi connectivity index (χ4v) is 4.96. The molecular formula is C23H36N4O6S. The highest BCUT2D eigenvalue weighted by Gasteiger charge is 2.31. The molecule has 10 nitrogen and oxygen atoms in total. The molecule has 1 aromatic rings. The zero-order chi connectivity index (χ0) is 25.4. The highest BCUT2D eigenvalue weighted by molar-refractivity contribution is 7.09. The second-order valence-corrected chi connectivity index (χ2v) is 9.81. The summed E-state index contributed by atoms with van der Waals surface area (Å²) in [6.07, 6.45) is 2.42. The number of ether oxygens (including phenoxy) is 2. The van der Waals surface area contributed by atoms with E-state index in [1.807, 2.05) is 25.8 Å². The molecule has 1 N–H and O–H groups in total. The van der Waals surface area contributed by atoms with Crippen molar-refractivity contribution in [3.05, 3.63) is 16.1 Å². The molecule has 1 aromatic heterocycles. The molecule has 2 rings (SSSR count). The van der Waals surface area contributed by atoms with Crippen LogP contribution in [0, 0.1) is 5.92 Å². The van der Waals surface area contributed by atoms with Gasteiger partial charge in [-0.3, -0.25) is 19.3 Å². The van der Waals surface area contributed by atoms with Crippen LogP contribution in [-0.4, -0.2) is 84.9 Å². The fourth-order valence-electron chi connectivity index (χ4n) is 4.13. The molecule has 1 aliphatic rings. The van der Waals surface area contributed by atoms with E-state index in [0.29, 0.717) is 11.4 Å². The van der Waals surface area contributed by atoms with Crippen molar-refractivity contribution in [3.63, 3.8) is 0 Å². The van der Waals surface area contributed by atoms with E-state index in [0.717, 1.165) is 25.8 Å². The molecule has 2 heterocycles. The molecule has 2 amide bonds. The number of hydrogen-bond acceptors (Lipinski definition) is 9. The smallest absolute Gasteiger partial charge is 0.357 e. The fraction of sp³-hybridized carbons (Fsp3) is 0.696. The first-order valence-electron chi connectivity index (χ1n) is 11.5. The number of nitrogens with one attached hydrogen (secondary N) is 1. The van der Waals surface area contributed by atoms with E-state index < -0.39 is 18.0 Å². The van der Waals surface area contributed by atoms with Crippen LogP contribution in [0.5, 0.6) is 0 Å². The first-order valence-corrected chi connectivity index (χ1v) is 12.4. The number of thiazole rings is 1. The van der Waals surface area contributed by atoms with Gasteiger partial charge in [0.1, 0.15) is 5.01 Å². The summed E-state index contributed by atoms with van der Waals surface area (Å²) in [5.74, 6) is -1.40. The van der Waals surface area contributed by atoms with Crippen molar-refractivity contribution in [3.8, 4) is 0 Å². The Balaban J connectivity index is 2.08. The third kappa shape index (κ3) is 7.49. The molecule has 190 valence electrons. The highest BCUT2D eigenvalue weighted by Crippen LogP contribution is 2.30. The van der Waals surface area contributed by atoms with Crippen LogP contribution in [-0.2, 0) is 23.9 Å². The second-order valence-electron chi connectivity index (χ2n) is 8.92. The maximum atomic E-state index is 12.9. The minimum Gasteiger partial charge on any atom is -0.464 e. The summed E-state index contributed by atoms with van der Waals surface area (Å²) in [7, 11) is 4.87. The van der Waals surface area contributed by atoms with Crippen LogP contribution in [0.25, 0.3) is 0 Å². The summed E-state index contributed by atoms with van der Waals surface area (Å²) in [4.78, 5) is 56.9. The Bertz CT molecular complexity index is 873. The van der Waals surface area contributed by atoms with Gasteiger partial charge in [0.25, 0.3) is 0 Å². The molecular weight excluding hydrogens is 460 g/mol. The van der Waals surface area contributed by atoms with Crippen molar-refractivity contribution in [2.24, 2.45) is 5.92 Å². The first-order chi connectivity index (χ1) is 16.0. The van der Waals surface area contributed by atoms with Gasteiger partial charge in [-0.2, -0.15) is 0 Å². The zero-order valence-corrected chi connectivity index (χ0v) is 21.6. The molecule has 1 fully saturated rings. The molecule has 1 unspecified atom stereocenters. The molecule has 34 heavy (non-hydrogen) atoms. The molecule has 0 spiro atoms. The number of methoxy groups -OCH3 is 1. The van der Waals surface area contributed by atoms with Gasteiger partial charge in [0.2, 0.25) is 11.8 Å². The quantitative estimate of drug-likeness (QED) is 0.489. The van der Waals surface area contributed by atoms with Crippen molar-refractivity contribution in [1.82, 2.24) is 20.1 Å². The minimum absolute atomic E-state index is 0.0345. The number of esters is 2. The van der Waals surface area contributed by atoms with E-state index in [1.54, 1.807) is 17.3 Å². The lowest BCUT2D eigenvalue weighted by Gasteiger charge is -2.34. The van der Waals surface area contributed by atoms with Gasteiger partial charge in [0, 0.05) is 31.8 Å². The van der Waals surface area contributed by atoms with E-state index in [9.17, 15) is 19.2 Å². The number of rotatable bonds is 10. The minimum atomic E-state index is -0.728. The number of carbonyl (C=O) groups excluding carboxylic acids is 4. The number of carbonyl (C=O) groups is 4. The number of piperidine rings is 1. The van der Waals surface area contributed by atoms with Crippen LogP contribution >= 0.6 is 11.3 Å². The summed E-state index contributed by atoms with van der Waals surface area (Å²) in [6.45, 7) is 6.00. The van der Waals surface area contributed by atoms with Crippen LogP contribution in [0.15, 0.2) is 5.38 Å². The Labute approximate surface area is 205 Å². The molecule has 1 saturated heterocycles. The van der Waals surface area contributed by atoms with Gasteiger partial charge >= 0.3 is 11.9 Å². The van der Waals surface area contributed by atoms with E-state index in [1.165, 1.54) is 25.4 Å². The maximum absolute atomic E-state index is 12.9.